The molecule has 0 heterocycles. The Morgan fingerprint density at radius 2 is 0.759 bits per heavy atom. The smallest absolute Gasteiger partial charge is 0.102 e. The molecule has 3 aromatic carbocycles. The Kier molecular flexibility index (Phi) is 6.17. The number of hydrogen-bond acceptors (Lipinski definition) is 0. The van der Waals surface area contributed by atoms with Crippen LogP contribution in [0.3, 0.4) is 0 Å². The van der Waals surface area contributed by atoms with Crippen LogP contribution in [0.15, 0.2) is 18.2 Å². The van der Waals surface area contributed by atoms with Gasteiger partial charge in [-0.3, -0.25) is 0 Å². The summed E-state index contributed by atoms with van der Waals surface area (Å²) in [4.78, 5) is 0. The highest BCUT2D eigenvalue weighted by Gasteiger charge is 2.21. The van der Waals surface area contributed by atoms with Gasteiger partial charge >= 0.3 is 0 Å². The second-order valence-electron chi connectivity index (χ2n) is 8.66. The van der Waals surface area contributed by atoms with Crippen molar-refractivity contribution in [2.75, 3.05) is 0 Å². The van der Waals surface area contributed by atoms with E-state index >= 15 is 0 Å². The van der Waals surface area contributed by atoms with E-state index in [0.717, 1.165) is 5.02 Å². The van der Waals surface area contributed by atoms with E-state index in [4.69, 9.17) is 11.6 Å². The largest absolute Gasteiger partial charge is 0.139 e. The Hall–Kier alpha value is -1.40. The van der Waals surface area contributed by atoms with Crippen LogP contribution in [0.4, 0.5) is 0 Å². The van der Waals surface area contributed by atoms with E-state index in [1.54, 1.807) is 0 Å². The molecule has 132 valence electrons. The highest BCUT2D eigenvalue weighted by Crippen LogP contribution is 2.34. The predicted molar refractivity (Wildman–Crippen MR) is 164 cm³/mol. The van der Waals surface area contributed by atoms with Crippen molar-refractivity contribution >= 4 is 145 Å². The molecule has 0 fully saturated rings. The minimum Gasteiger partial charge on any atom is -0.102 e. The van der Waals surface area contributed by atoms with Gasteiger partial charge in [0, 0.05) is 10.6 Å². The lowest BCUT2D eigenvalue weighted by molar-refractivity contribution is 1.67. The van der Waals surface area contributed by atoms with Crippen LogP contribution in [0.25, 0.3) is 22.3 Å². The summed E-state index contributed by atoms with van der Waals surface area (Å²) in [5.41, 5.74) is 18.6. The second-order valence-corrected chi connectivity index (χ2v) is 9.07. The van der Waals surface area contributed by atoms with Gasteiger partial charge in [0.2, 0.25) is 0 Å². The molecule has 0 N–H and O–H groups in total. The highest BCUT2D eigenvalue weighted by atomic mass is 35.5. The molecule has 3 rings (SSSR count). The minimum atomic E-state index is 0.825. The molecule has 0 aliphatic heterocycles. The van der Waals surface area contributed by atoms with Crippen molar-refractivity contribution in [3.05, 3.63) is 23.2 Å². The van der Waals surface area contributed by atoms with Crippen molar-refractivity contribution in [1.29, 1.82) is 0 Å². The Morgan fingerprint density at radius 1 is 0.414 bits per heavy atom. The van der Waals surface area contributed by atoms with E-state index in [-0.39, 0.29) is 0 Å². The van der Waals surface area contributed by atoms with Gasteiger partial charge < -0.3 is 0 Å². The number of halogens is 1. The fourth-order valence-electron chi connectivity index (χ4n) is 4.77. The normalized spacial score (nSPS) is 10.9. The Labute approximate surface area is 189 Å². The van der Waals surface area contributed by atoms with Gasteiger partial charge in [0.15, 0.2) is 0 Å². The predicted octanol–water partition coefficient (Wildman–Crippen LogP) is -11.7. The first-order valence-corrected chi connectivity index (χ1v) is 10.8. The van der Waals surface area contributed by atoms with Crippen LogP contribution >= 0.6 is 11.6 Å². The van der Waals surface area contributed by atoms with Crippen LogP contribution in [-0.2, 0) is 0 Å². The molecule has 0 amide bonds. The average Bonchev–Trinajstić information content (AvgIpc) is 2.69. The highest BCUT2D eigenvalue weighted by molar-refractivity contribution is 6.70. The summed E-state index contributed by atoms with van der Waals surface area (Å²) >= 11 is 6.92. The summed E-state index contributed by atoms with van der Waals surface area (Å²) < 4.78 is 0. The molecule has 0 aliphatic rings. The van der Waals surface area contributed by atoms with Crippen LogP contribution in [0.1, 0.15) is 0 Å². The molecule has 0 nitrogen and oxygen atoms in total. The fourth-order valence-corrected chi connectivity index (χ4v) is 5.03. The van der Waals surface area contributed by atoms with E-state index in [1.807, 2.05) is 6.07 Å². The van der Waals surface area contributed by atoms with E-state index in [1.165, 1.54) is 76.9 Å². The van der Waals surface area contributed by atoms with Crippen LogP contribution < -0.4 is 54.6 Å². The topological polar surface area (TPSA) is 0 Å². The lowest BCUT2D eigenvalue weighted by Gasteiger charge is -2.26. The Bertz CT molecular complexity index is 1110. The first kappa shape index (κ1) is 22.3. The molecular weight excluding hydrogens is 360 g/mol. The quantitative estimate of drug-likeness (QED) is 0.386. The zero-order valence-corrected chi connectivity index (χ0v) is 20.4. The fraction of sp³-hybridized carbons (Fsp3) is 0. The molecule has 0 saturated heterocycles. The zero-order chi connectivity index (χ0) is 21.8. The van der Waals surface area contributed by atoms with Gasteiger partial charge in [-0.1, -0.05) is 45.6 Å². The SMILES string of the molecule is Bc1c(B)c(B)c(-c2cccc(Cl)c2-c2c(B)c(B)c(B)c(B)c2B)c(B)c1B. The Balaban J connectivity index is 2.52. The molecule has 0 unspecified atom stereocenters. The summed E-state index contributed by atoms with van der Waals surface area (Å²) in [6, 6.07) is 6.36. The van der Waals surface area contributed by atoms with Crippen molar-refractivity contribution in [3.63, 3.8) is 0 Å². The monoisotopic (exact) mass is 384 g/mol. The second kappa shape index (κ2) is 8.03. The summed E-state index contributed by atoms with van der Waals surface area (Å²) in [5, 5.41) is 0.825. The van der Waals surface area contributed by atoms with Crippen LogP contribution in [0.5, 0.6) is 0 Å². The third kappa shape index (κ3) is 3.42. The molecule has 0 saturated carbocycles. The van der Waals surface area contributed by atoms with Gasteiger partial charge in [-0.05, 0) is 22.8 Å². The van der Waals surface area contributed by atoms with Crippen molar-refractivity contribution in [2.45, 2.75) is 0 Å². The lowest BCUT2D eigenvalue weighted by Crippen LogP contribution is -2.56. The van der Waals surface area contributed by atoms with E-state index < -0.39 is 0 Å². The maximum absolute atomic E-state index is 6.92. The molecule has 0 atom stereocenters. The molecule has 29 heavy (non-hydrogen) atoms. The summed E-state index contributed by atoms with van der Waals surface area (Å²) in [7, 11) is 22.4. The van der Waals surface area contributed by atoms with Crippen molar-refractivity contribution in [1.82, 2.24) is 0 Å². The third-order valence-corrected chi connectivity index (χ3v) is 7.85. The van der Waals surface area contributed by atoms with Gasteiger partial charge in [-0.25, -0.2) is 0 Å². The first-order chi connectivity index (χ1) is 13.5. The summed E-state index contributed by atoms with van der Waals surface area (Å²) in [5.74, 6) is 0. The zero-order valence-electron chi connectivity index (χ0n) is 19.6. The molecule has 11 heteroatoms. The molecule has 3 aromatic rings. The van der Waals surface area contributed by atoms with Gasteiger partial charge in [0.25, 0.3) is 0 Å². The summed E-state index contributed by atoms with van der Waals surface area (Å²) in [6.07, 6.45) is 0. The Morgan fingerprint density at radius 3 is 1.17 bits per heavy atom. The molecule has 0 aromatic heterocycles. The van der Waals surface area contributed by atoms with E-state index in [9.17, 15) is 0 Å². The van der Waals surface area contributed by atoms with Crippen LogP contribution in [-0.4, -0.2) is 78.5 Å². The van der Waals surface area contributed by atoms with Crippen molar-refractivity contribution in [2.24, 2.45) is 0 Å². The van der Waals surface area contributed by atoms with Crippen molar-refractivity contribution < 1.29 is 0 Å². The molecular formula is C18H23B10Cl. The van der Waals surface area contributed by atoms with Crippen molar-refractivity contribution in [3.8, 4) is 22.3 Å². The van der Waals surface area contributed by atoms with E-state index in [0.29, 0.717) is 0 Å². The molecule has 0 spiro atoms. The van der Waals surface area contributed by atoms with E-state index in [2.05, 4.69) is 90.6 Å². The number of rotatable bonds is 2. The maximum atomic E-state index is 6.92. The summed E-state index contributed by atoms with van der Waals surface area (Å²) in [6.45, 7) is 0. The van der Waals surface area contributed by atoms with Crippen LogP contribution in [0.2, 0.25) is 5.02 Å². The maximum Gasteiger partial charge on any atom is 0.139 e. The van der Waals surface area contributed by atoms with Gasteiger partial charge in [0.05, 0.1) is 0 Å². The number of hydrogen-bond donors (Lipinski definition) is 0. The molecule has 0 radical (unpaired) electrons. The average molecular weight is 383 g/mol. The van der Waals surface area contributed by atoms with Gasteiger partial charge in [-0.15, -0.1) is 32.8 Å². The van der Waals surface area contributed by atoms with Gasteiger partial charge in [0.1, 0.15) is 78.5 Å². The first-order valence-electron chi connectivity index (χ1n) is 10.4. The minimum absolute atomic E-state index is 0.825. The number of benzene rings is 3. The van der Waals surface area contributed by atoms with Gasteiger partial charge in [-0.2, -0.15) is 0 Å². The standard InChI is InChI=1S/C18H23B10Cl/c19-9-7(10(20)14(24)17(27)13(9)23)4-2-1-3-5(29)6(4)8-11(21)15(25)18(28)16(26)12(8)22/h1-3H,19-28H2. The molecule has 0 bridgehead atoms. The third-order valence-electron chi connectivity index (χ3n) is 7.53. The lowest BCUT2D eigenvalue weighted by atomic mass is 9.58. The van der Waals surface area contributed by atoms with Crippen LogP contribution in [0, 0.1) is 0 Å². The molecule has 0 aliphatic carbocycles.